The zero-order chi connectivity index (χ0) is 49.9. The van der Waals surface area contributed by atoms with Gasteiger partial charge in [-0.05, 0) is 89.9 Å². The number of phosphoric acid groups is 1. The van der Waals surface area contributed by atoms with Gasteiger partial charge in [-0.25, -0.2) is 4.57 Å². The van der Waals surface area contributed by atoms with Crippen molar-refractivity contribution in [2.24, 2.45) is 0 Å². The maximum absolute atomic E-state index is 12.9. The fraction of sp³-hybridized carbons (Fsp3) is 0.732. The van der Waals surface area contributed by atoms with Crippen molar-refractivity contribution in [1.82, 2.24) is 0 Å². The summed E-state index contributed by atoms with van der Waals surface area (Å²) in [5.41, 5.74) is 0. The first-order valence-corrected chi connectivity index (χ1v) is 28.3. The van der Waals surface area contributed by atoms with E-state index in [1.54, 1.807) is 0 Å². The number of allylic oxidation sites excluding steroid dienone is 12. The number of carbonyl (C=O) groups excluding carboxylic acids is 3. The van der Waals surface area contributed by atoms with E-state index in [0.29, 0.717) is 19.3 Å². The Morgan fingerprint density at radius 1 is 0.426 bits per heavy atom. The minimum Gasteiger partial charge on any atom is -0.462 e. The summed E-state index contributed by atoms with van der Waals surface area (Å²) in [4.78, 5) is 48.3. The Bertz CT molecular complexity index is 1420. The minimum absolute atomic E-state index is 0.145. The van der Waals surface area contributed by atoms with Crippen molar-refractivity contribution in [3.8, 4) is 0 Å². The Morgan fingerprint density at radius 3 is 1.22 bits per heavy atom. The predicted octanol–water partition coefficient (Wildman–Crippen LogP) is 15.4. The van der Waals surface area contributed by atoms with Crippen LogP contribution in [0.5, 0.6) is 0 Å². The summed E-state index contributed by atoms with van der Waals surface area (Å²) in [5, 5.41) is 9.75. The zero-order valence-electron chi connectivity index (χ0n) is 43.1. The van der Waals surface area contributed by atoms with E-state index in [9.17, 15) is 28.9 Å². The third-order valence-electron chi connectivity index (χ3n) is 11.1. The molecular weight excluding hydrogens is 880 g/mol. The lowest BCUT2D eigenvalue weighted by atomic mass is 10.1. The van der Waals surface area contributed by atoms with Gasteiger partial charge in [0.25, 0.3) is 0 Å². The Kier molecular flexibility index (Phi) is 48.0. The van der Waals surface area contributed by atoms with Crippen LogP contribution in [0.2, 0.25) is 0 Å². The second-order valence-corrected chi connectivity index (χ2v) is 19.1. The van der Waals surface area contributed by atoms with Gasteiger partial charge in [0, 0.05) is 19.3 Å². The number of rotatable bonds is 49. The summed E-state index contributed by atoms with van der Waals surface area (Å²) < 4.78 is 39.3. The summed E-state index contributed by atoms with van der Waals surface area (Å²) in [7, 11) is -4.75. The number of hydrogen-bond acceptors (Lipinski definition) is 10. The summed E-state index contributed by atoms with van der Waals surface area (Å²) in [5.74, 6) is -1.52. The van der Waals surface area contributed by atoms with Crippen LogP contribution in [-0.4, -0.2) is 66.5 Å². The van der Waals surface area contributed by atoms with Crippen molar-refractivity contribution in [2.45, 2.75) is 238 Å². The summed E-state index contributed by atoms with van der Waals surface area (Å²) >= 11 is 0. The first kappa shape index (κ1) is 64.9. The number of phosphoric ester groups is 1. The average molecular weight is 977 g/mol. The zero-order valence-corrected chi connectivity index (χ0v) is 43.9. The van der Waals surface area contributed by atoms with Crippen LogP contribution in [0.1, 0.15) is 226 Å². The van der Waals surface area contributed by atoms with Crippen LogP contribution in [0.25, 0.3) is 0 Å². The third-order valence-corrected chi connectivity index (χ3v) is 12.1. The smallest absolute Gasteiger partial charge is 0.462 e. The molecule has 2 N–H and O–H groups in total. The molecule has 11 nitrogen and oxygen atoms in total. The molecule has 0 amide bonds. The Labute approximate surface area is 414 Å². The molecule has 3 atom stereocenters. The molecule has 0 radical (unpaired) electrons. The number of esters is 3. The Morgan fingerprint density at radius 2 is 0.765 bits per heavy atom. The van der Waals surface area contributed by atoms with Crippen LogP contribution in [0.15, 0.2) is 72.9 Å². The van der Waals surface area contributed by atoms with Crippen LogP contribution in [-0.2, 0) is 42.2 Å². The largest absolute Gasteiger partial charge is 0.472 e. The molecule has 0 aromatic carbocycles. The standard InChI is InChI=1S/C56H97O11P/c1-4-7-10-13-16-19-21-23-24-25-26-27-28-30-32-35-38-41-44-47-56(60)67-53(49-63-54(58)45-42-39-36-34-31-29-22-20-17-14-11-8-5-2)51-65-68(61,62)64-50-52(48-57)66-55(59)46-43-40-37-33-18-15-12-9-6-3/h8,11,16-17,19-20,23-24,26-27,29,31,52-53,57H,4-7,9-10,12-15,18,21-22,25,28,30,32-51H2,1-3H3,(H,61,62)/b11-8-,19-16-,20-17-,24-23-,27-26-,31-29-. The first-order chi connectivity index (χ1) is 33.2. The van der Waals surface area contributed by atoms with E-state index < -0.39 is 57.8 Å². The Hall–Kier alpha value is -3.08. The van der Waals surface area contributed by atoms with Crippen molar-refractivity contribution in [3.63, 3.8) is 0 Å². The van der Waals surface area contributed by atoms with Crippen LogP contribution < -0.4 is 0 Å². The normalized spacial score (nSPS) is 14.0. The second kappa shape index (κ2) is 50.3. The second-order valence-electron chi connectivity index (χ2n) is 17.7. The van der Waals surface area contributed by atoms with Gasteiger partial charge in [0.1, 0.15) is 12.7 Å². The van der Waals surface area contributed by atoms with Gasteiger partial charge in [-0.2, -0.15) is 0 Å². The third kappa shape index (κ3) is 48.0. The highest BCUT2D eigenvalue weighted by Gasteiger charge is 2.28. The highest BCUT2D eigenvalue weighted by molar-refractivity contribution is 7.47. The van der Waals surface area contributed by atoms with E-state index in [-0.39, 0.29) is 25.9 Å². The number of aliphatic hydroxyl groups excluding tert-OH is 1. The molecule has 0 fully saturated rings. The molecule has 0 aliphatic carbocycles. The lowest BCUT2D eigenvalue weighted by Crippen LogP contribution is -2.30. The van der Waals surface area contributed by atoms with E-state index in [2.05, 4.69) is 93.7 Å². The van der Waals surface area contributed by atoms with Crippen molar-refractivity contribution in [2.75, 3.05) is 26.4 Å². The van der Waals surface area contributed by atoms with Crippen LogP contribution in [0.4, 0.5) is 0 Å². The number of aliphatic hydroxyl groups is 1. The molecule has 0 aliphatic rings. The number of unbranched alkanes of at least 4 members (excludes halogenated alkanes) is 20. The molecule has 0 heterocycles. The van der Waals surface area contributed by atoms with Gasteiger partial charge < -0.3 is 24.2 Å². The number of carbonyl (C=O) groups is 3. The molecule has 12 heteroatoms. The van der Waals surface area contributed by atoms with Gasteiger partial charge in [-0.1, -0.05) is 190 Å². The van der Waals surface area contributed by atoms with E-state index in [0.717, 1.165) is 109 Å². The molecule has 0 bridgehead atoms. The van der Waals surface area contributed by atoms with Gasteiger partial charge >= 0.3 is 25.7 Å². The molecule has 0 spiro atoms. The summed E-state index contributed by atoms with van der Waals surface area (Å²) in [6.07, 6.45) is 54.5. The minimum atomic E-state index is -4.75. The quantitative estimate of drug-likeness (QED) is 0.0197. The van der Waals surface area contributed by atoms with Gasteiger partial charge in [0.05, 0.1) is 19.8 Å². The van der Waals surface area contributed by atoms with Crippen molar-refractivity contribution >= 4 is 25.7 Å². The summed E-state index contributed by atoms with van der Waals surface area (Å²) in [6, 6.07) is 0. The van der Waals surface area contributed by atoms with Crippen LogP contribution in [0.3, 0.4) is 0 Å². The van der Waals surface area contributed by atoms with Crippen LogP contribution in [0, 0.1) is 0 Å². The highest BCUT2D eigenvalue weighted by atomic mass is 31.2. The molecule has 68 heavy (non-hydrogen) atoms. The number of hydrogen-bond donors (Lipinski definition) is 2. The van der Waals surface area contributed by atoms with E-state index >= 15 is 0 Å². The van der Waals surface area contributed by atoms with Gasteiger partial charge in [0.15, 0.2) is 6.10 Å². The van der Waals surface area contributed by atoms with Crippen molar-refractivity contribution in [3.05, 3.63) is 72.9 Å². The molecule has 0 aliphatic heterocycles. The summed E-state index contributed by atoms with van der Waals surface area (Å²) in [6.45, 7) is 4.42. The molecule has 0 aromatic rings. The Balaban J connectivity index is 4.79. The lowest BCUT2D eigenvalue weighted by Gasteiger charge is -2.21. The molecule has 0 saturated heterocycles. The monoisotopic (exact) mass is 977 g/mol. The lowest BCUT2D eigenvalue weighted by molar-refractivity contribution is -0.161. The molecule has 0 saturated carbocycles. The topological polar surface area (TPSA) is 155 Å². The van der Waals surface area contributed by atoms with E-state index in [1.165, 1.54) is 57.8 Å². The van der Waals surface area contributed by atoms with E-state index in [4.69, 9.17) is 23.3 Å². The van der Waals surface area contributed by atoms with Crippen molar-refractivity contribution < 1.29 is 52.2 Å². The predicted molar refractivity (Wildman–Crippen MR) is 279 cm³/mol. The maximum Gasteiger partial charge on any atom is 0.472 e. The SMILES string of the molecule is CC/C=C\C/C=C\C/C=C\CCCCCC(=O)OCC(COP(=O)(O)OCC(CO)OC(=O)CCCCCCCCCCC)OC(=O)CCCCCCCC/C=C\C/C=C\C/C=C\CCCCC. The van der Waals surface area contributed by atoms with Gasteiger partial charge in [-0.3, -0.25) is 23.4 Å². The highest BCUT2D eigenvalue weighted by Crippen LogP contribution is 2.43. The molecule has 0 rings (SSSR count). The molecule has 392 valence electrons. The van der Waals surface area contributed by atoms with E-state index in [1.807, 2.05) is 0 Å². The van der Waals surface area contributed by atoms with Gasteiger partial charge in [-0.15, -0.1) is 0 Å². The average Bonchev–Trinajstić information content (AvgIpc) is 3.32. The molecule has 3 unspecified atom stereocenters. The first-order valence-electron chi connectivity index (χ1n) is 26.8. The number of ether oxygens (including phenoxy) is 3. The fourth-order valence-corrected chi connectivity index (χ4v) is 7.81. The van der Waals surface area contributed by atoms with Crippen LogP contribution >= 0.6 is 7.82 Å². The fourth-order valence-electron chi connectivity index (χ4n) is 7.02. The van der Waals surface area contributed by atoms with Gasteiger partial charge in [0.2, 0.25) is 0 Å². The molecular formula is C56H97O11P. The van der Waals surface area contributed by atoms with Crippen molar-refractivity contribution in [1.29, 1.82) is 0 Å². The maximum atomic E-state index is 12.9. The molecule has 0 aromatic heterocycles.